The Kier molecular flexibility index (Phi) is 4.96. The van der Waals surface area contributed by atoms with E-state index in [1.54, 1.807) is 31.2 Å². The summed E-state index contributed by atoms with van der Waals surface area (Å²) in [6.45, 7) is 1.99. The van der Waals surface area contributed by atoms with E-state index in [2.05, 4.69) is 4.98 Å². The Morgan fingerprint density at radius 3 is 2.62 bits per heavy atom. The van der Waals surface area contributed by atoms with Crippen LogP contribution in [0.5, 0.6) is 0 Å². The molecule has 0 atom stereocenters. The molecular weight excluding hydrogens is 367 g/mol. The number of fused-ring (bicyclic) bond motifs is 1. The number of hydrogen-bond acceptors (Lipinski definition) is 2. The molecule has 0 aliphatic heterocycles. The smallest absolute Gasteiger partial charge is 0.416 e. The third kappa shape index (κ3) is 3.85. The molecule has 0 saturated carbocycles. The first kappa shape index (κ1) is 18.3. The Bertz CT molecular complexity index is 963. The van der Waals surface area contributed by atoms with Crippen LogP contribution < -0.4 is 0 Å². The highest BCUT2D eigenvalue weighted by Gasteiger charge is 2.33. The van der Waals surface area contributed by atoms with Crippen molar-refractivity contribution in [3.8, 4) is 0 Å². The van der Waals surface area contributed by atoms with Gasteiger partial charge in [-0.3, -0.25) is 0 Å². The van der Waals surface area contributed by atoms with Crippen molar-refractivity contribution in [3.63, 3.8) is 0 Å². The predicted molar refractivity (Wildman–Crippen MR) is 93.5 cm³/mol. The minimum atomic E-state index is -4.48. The van der Waals surface area contributed by atoms with Gasteiger partial charge in [-0.25, -0.2) is 4.79 Å². The van der Waals surface area contributed by atoms with E-state index in [1.807, 2.05) is 0 Å². The Labute approximate surface area is 152 Å². The third-order valence-corrected chi connectivity index (χ3v) is 4.18. The van der Waals surface area contributed by atoms with Crippen LogP contribution in [-0.4, -0.2) is 17.6 Å². The first-order valence-corrected chi connectivity index (χ1v) is 8.30. The van der Waals surface area contributed by atoms with Gasteiger partial charge in [0.2, 0.25) is 0 Å². The Hall–Kier alpha value is -2.47. The number of H-pyrrole nitrogens is 1. The number of benzene rings is 2. The number of carbonyl (C=O) groups excluding carboxylic acids is 1. The monoisotopic (exact) mass is 381 g/mol. The molecule has 1 heterocycles. The lowest BCUT2D eigenvalue weighted by molar-refractivity contribution is -0.138. The van der Waals surface area contributed by atoms with Crippen molar-refractivity contribution in [3.05, 3.63) is 69.9 Å². The zero-order valence-corrected chi connectivity index (χ0v) is 14.5. The average Bonchev–Trinajstić information content (AvgIpc) is 2.97. The van der Waals surface area contributed by atoms with Crippen LogP contribution in [0, 0.1) is 0 Å². The number of nitrogens with one attached hydrogen (secondary N) is 1. The zero-order chi connectivity index (χ0) is 18.9. The second-order valence-corrected chi connectivity index (χ2v) is 6.23. The van der Waals surface area contributed by atoms with Gasteiger partial charge in [0.25, 0.3) is 0 Å². The van der Waals surface area contributed by atoms with Gasteiger partial charge in [0.05, 0.1) is 17.7 Å². The van der Waals surface area contributed by atoms with Gasteiger partial charge in [-0.05, 0) is 48.9 Å². The van der Waals surface area contributed by atoms with Crippen LogP contribution in [0.25, 0.3) is 10.9 Å². The minimum Gasteiger partial charge on any atom is -0.462 e. The summed E-state index contributed by atoms with van der Waals surface area (Å²) in [6.07, 6.45) is -4.42. The number of aromatic nitrogens is 1. The molecule has 0 amide bonds. The van der Waals surface area contributed by atoms with Gasteiger partial charge in [0.1, 0.15) is 0 Å². The fraction of sp³-hybridized carbons (Fsp3) is 0.211. The summed E-state index contributed by atoms with van der Waals surface area (Å²) in [5.41, 5.74) is 1.10. The Morgan fingerprint density at radius 2 is 1.92 bits per heavy atom. The minimum absolute atomic E-state index is 0.0387. The second-order valence-electron chi connectivity index (χ2n) is 5.79. The molecule has 0 aliphatic rings. The van der Waals surface area contributed by atoms with E-state index in [4.69, 9.17) is 16.3 Å². The van der Waals surface area contributed by atoms with Gasteiger partial charge >= 0.3 is 12.1 Å². The maximum atomic E-state index is 13.2. The molecule has 0 bridgehead atoms. The molecule has 3 nitrogen and oxygen atoms in total. The van der Waals surface area contributed by atoms with Crippen molar-refractivity contribution in [1.29, 1.82) is 0 Å². The van der Waals surface area contributed by atoms with E-state index < -0.39 is 17.7 Å². The van der Waals surface area contributed by atoms with Gasteiger partial charge < -0.3 is 9.72 Å². The molecule has 0 spiro atoms. The van der Waals surface area contributed by atoms with E-state index in [9.17, 15) is 18.0 Å². The first-order valence-electron chi connectivity index (χ1n) is 7.92. The van der Waals surface area contributed by atoms with Crippen molar-refractivity contribution in [2.24, 2.45) is 0 Å². The van der Waals surface area contributed by atoms with E-state index in [1.165, 1.54) is 12.1 Å². The van der Waals surface area contributed by atoms with Gasteiger partial charge in [-0.15, -0.1) is 0 Å². The average molecular weight is 382 g/mol. The lowest BCUT2D eigenvalue weighted by atomic mass is 10.0. The number of alkyl halides is 3. The lowest BCUT2D eigenvalue weighted by Gasteiger charge is -2.12. The van der Waals surface area contributed by atoms with Gasteiger partial charge in [-0.2, -0.15) is 13.2 Å². The molecule has 2 aromatic carbocycles. The lowest BCUT2D eigenvalue weighted by Crippen LogP contribution is -2.09. The fourth-order valence-corrected chi connectivity index (χ4v) is 2.97. The first-order chi connectivity index (χ1) is 12.3. The van der Waals surface area contributed by atoms with E-state index >= 15 is 0 Å². The predicted octanol–water partition coefficient (Wildman–Crippen LogP) is 5.61. The molecule has 3 aromatic rings. The summed E-state index contributed by atoms with van der Waals surface area (Å²) in [7, 11) is 0. The molecule has 136 valence electrons. The van der Waals surface area contributed by atoms with Gasteiger partial charge in [0.15, 0.2) is 0 Å². The van der Waals surface area contributed by atoms with E-state index in [0.717, 1.165) is 17.0 Å². The highest BCUT2D eigenvalue weighted by atomic mass is 35.5. The zero-order valence-electron chi connectivity index (χ0n) is 13.8. The van der Waals surface area contributed by atoms with E-state index in [0.29, 0.717) is 11.3 Å². The number of carbonyl (C=O) groups is 1. The number of halogens is 4. The summed E-state index contributed by atoms with van der Waals surface area (Å²) in [5, 5.41) is 0.768. The van der Waals surface area contributed by atoms with Crippen LogP contribution in [0.4, 0.5) is 13.2 Å². The molecule has 26 heavy (non-hydrogen) atoms. The van der Waals surface area contributed by atoms with Crippen LogP contribution in [0.15, 0.2) is 42.5 Å². The largest absolute Gasteiger partial charge is 0.462 e. The van der Waals surface area contributed by atoms with Crippen LogP contribution in [0.1, 0.15) is 34.1 Å². The maximum absolute atomic E-state index is 13.2. The maximum Gasteiger partial charge on any atom is 0.416 e. The van der Waals surface area contributed by atoms with Gasteiger partial charge in [0, 0.05) is 28.0 Å². The summed E-state index contributed by atoms with van der Waals surface area (Å²) in [4.78, 5) is 14.9. The van der Waals surface area contributed by atoms with Gasteiger partial charge in [-0.1, -0.05) is 17.7 Å². The van der Waals surface area contributed by atoms with E-state index in [-0.39, 0.29) is 23.6 Å². The number of esters is 1. The Balaban J connectivity index is 1.94. The third-order valence-electron chi connectivity index (χ3n) is 3.95. The highest BCUT2D eigenvalue weighted by Crippen LogP contribution is 2.35. The molecule has 3 rings (SSSR count). The molecule has 0 saturated heterocycles. The van der Waals surface area contributed by atoms with Crippen LogP contribution >= 0.6 is 11.6 Å². The SMILES string of the molecule is CCOC(=O)c1ccc2[nH]c(Cc3ccc(Cl)cc3C(F)(F)F)cc2c1. The molecule has 0 radical (unpaired) electrons. The quantitative estimate of drug-likeness (QED) is 0.597. The normalized spacial score (nSPS) is 11.7. The van der Waals surface area contributed by atoms with Crippen LogP contribution in [0.2, 0.25) is 5.02 Å². The molecule has 1 aromatic heterocycles. The molecule has 7 heteroatoms. The van der Waals surface area contributed by atoms with Crippen LogP contribution in [-0.2, 0) is 17.3 Å². The number of hydrogen-bond donors (Lipinski definition) is 1. The molecule has 0 aliphatic carbocycles. The number of rotatable bonds is 4. The Morgan fingerprint density at radius 1 is 1.15 bits per heavy atom. The second kappa shape index (κ2) is 7.03. The topological polar surface area (TPSA) is 42.1 Å². The summed E-state index contributed by atoms with van der Waals surface area (Å²) in [6, 6.07) is 10.4. The molecule has 0 unspecified atom stereocenters. The van der Waals surface area contributed by atoms with Crippen molar-refractivity contribution < 1.29 is 22.7 Å². The summed E-state index contributed by atoms with van der Waals surface area (Å²) in [5.74, 6) is -0.436. The van der Waals surface area contributed by atoms with Crippen molar-refractivity contribution in [1.82, 2.24) is 4.98 Å². The van der Waals surface area contributed by atoms with Crippen LogP contribution in [0.3, 0.4) is 0 Å². The number of aromatic amines is 1. The molecular formula is C19H15ClF3NO2. The standard InChI is InChI=1S/C19H15ClF3NO2/c1-2-26-18(25)12-4-6-17-13(7-12)9-15(24-17)8-11-3-5-14(20)10-16(11)19(21,22)23/h3-7,9-10,24H,2,8H2,1H3. The van der Waals surface area contributed by atoms with Crippen molar-refractivity contribution in [2.45, 2.75) is 19.5 Å². The summed E-state index contributed by atoms with van der Waals surface area (Å²) < 4.78 is 44.6. The summed E-state index contributed by atoms with van der Waals surface area (Å²) >= 11 is 5.71. The number of ether oxygens (including phenoxy) is 1. The van der Waals surface area contributed by atoms with Crippen molar-refractivity contribution in [2.75, 3.05) is 6.61 Å². The van der Waals surface area contributed by atoms with Crippen molar-refractivity contribution >= 4 is 28.5 Å². The fourth-order valence-electron chi connectivity index (χ4n) is 2.80. The molecule has 1 N–H and O–H groups in total. The molecule has 0 fully saturated rings. The highest BCUT2D eigenvalue weighted by molar-refractivity contribution is 6.30.